The summed E-state index contributed by atoms with van der Waals surface area (Å²) in [6, 6.07) is 4.12. The summed E-state index contributed by atoms with van der Waals surface area (Å²) in [5.41, 5.74) is 8.90. The number of fused-ring (bicyclic) bond motifs is 1. The highest BCUT2D eigenvalue weighted by atomic mass is 79.9. The average Bonchev–Trinajstić information content (AvgIpc) is 2.62. The van der Waals surface area contributed by atoms with E-state index in [1.165, 1.54) is 5.56 Å². The van der Waals surface area contributed by atoms with Crippen molar-refractivity contribution in [2.45, 2.75) is 26.2 Å². The van der Waals surface area contributed by atoms with Gasteiger partial charge in [0.05, 0.1) is 11.0 Å². The van der Waals surface area contributed by atoms with Crippen LogP contribution < -0.4 is 5.73 Å². The zero-order valence-corrected chi connectivity index (χ0v) is 11.4. The van der Waals surface area contributed by atoms with Crippen LogP contribution in [0.3, 0.4) is 0 Å². The number of H-pyrrole nitrogens is 1. The predicted octanol–water partition coefficient (Wildman–Crippen LogP) is 2.87. The molecule has 0 saturated carbocycles. The fourth-order valence-electron chi connectivity index (χ4n) is 1.66. The third-order valence-corrected chi connectivity index (χ3v) is 3.35. The third kappa shape index (κ3) is 1.87. The first-order chi connectivity index (χ1) is 7.44. The number of nitrogens with two attached hydrogens (primary N) is 1. The van der Waals surface area contributed by atoms with Gasteiger partial charge in [-0.1, -0.05) is 29.8 Å². The maximum atomic E-state index is 5.76. The minimum Gasteiger partial charge on any atom is -0.341 e. The van der Waals surface area contributed by atoms with Crippen LogP contribution in [-0.2, 0) is 5.41 Å². The van der Waals surface area contributed by atoms with Crippen molar-refractivity contribution < 1.29 is 0 Å². The van der Waals surface area contributed by atoms with Crippen LogP contribution >= 0.6 is 15.9 Å². The Labute approximate surface area is 104 Å². The number of benzene rings is 1. The minimum atomic E-state index is -0.113. The molecule has 1 aromatic heterocycles. The van der Waals surface area contributed by atoms with Crippen LogP contribution in [0.15, 0.2) is 16.6 Å². The van der Waals surface area contributed by atoms with Crippen LogP contribution in [0, 0.1) is 6.92 Å². The summed E-state index contributed by atoms with van der Waals surface area (Å²) in [6.45, 7) is 6.82. The van der Waals surface area contributed by atoms with Crippen molar-refractivity contribution in [1.29, 1.82) is 0 Å². The van der Waals surface area contributed by atoms with Gasteiger partial charge in [0.25, 0.3) is 0 Å². The molecule has 4 heteroatoms. The van der Waals surface area contributed by atoms with Crippen LogP contribution in [-0.4, -0.2) is 16.5 Å². The molecule has 0 aliphatic heterocycles. The van der Waals surface area contributed by atoms with Gasteiger partial charge in [0, 0.05) is 16.4 Å². The zero-order valence-electron chi connectivity index (χ0n) is 9.76. The van der Waals surface area contributed by atoms with Gasteiger partial charge in [0.1, 0.15) is 5.82 Å². The van der Waals surface area contributed by atoms with Crippen molar-refractivity contribution in [2.24, 2.45) is 5.73 Å². The molecule has 0 unspecified atom stereocenters. The molecule has 0 bridgehead atoms. The standard InChI is InChI=1S/C12H16BrN3/c1-7-4-8(13)5-9-10(7)16-11(15-9)12(2,3)6-14/h4-5H,6,14H2,1-3H3,(H,15,16). The first-order valence-corrected chi connectivity index (χ1v) is 6.10. The van der Waals surface area contributed by atoms with E-state index in [1.807, 2.05) is 6.07 Å². The molecule has 0 saturated heterocycles. The fourth-order valence-corrected chi connectivity index (χ4v) is 2.24. The molecule has 0 aliphatic rings. The van der Waals surface area contributed by atoms with E-state index in [0.29, 0.717) is 6.54 Å². The summed E-state index contributed by atoms with van der Waals surface area (Å²) in [6.07, 6.45) is 0. The van der Waals surface area contributed by atoms with E-state index in [1.54, 1.807) is 0 Å². The number of hydrogen-bond donors (Lipinski definition) is 2. The topological polar surface area (TPSA) is 54.7 Å². The number of nitrogens with one attached hydrogen (secondary N) is 1. The largest absolute Gasteiger partial charge is 0.341 e. The Hall–Kier alpha value is -0.870. The van der Waals surface area contributed by atoms with Crippen molar-refractivity contribution in [3.8, 4) is 0 Å². The second-order valence-electron chi connectivity index (χ2n) is 4.79. The molecule has 0 amide bonds. The molecule has 86 valence electrons. The predicted molar refractivity (Wildman–Crippen MR) is 70.6 cm³/mol. The number of aryl methyl sites for hydroxylation is 1. The number of hydrogen-bond acceptors (Lipinski definition) is 2. The van der Waals surface area contributed by atoms with Crippen LogP contribution in [0.5, 0.6) is 0 Å². The van der Waals surface area contributed by atoms with Gasteiger partial charge in [-0.15, -0.1) is 0 Å². The molecule has 3 N–H and O–H groups in total. The number of aromatic amines is 1. The van der Waals surface area contributed by atoms with E-state index in [4.69, 9.17) is 5.73 Å². The van der Waals surface area contributed by atoms with E-state index in [0.717, 1.165) is 21.3 Å². The normalized spacial score (nSPS) is 12.3. The zero-order chi connectivity index (χ0) is 11.9. The highest BCUT2D eigenvalue weighted by Crippen LogP contribution is 2.26. The maximum absolute atomic E-state index is 5.76. The molecule has 0 aliphatic carbocycles. The summed E-state index contributed by atoms with van der Waals surface area (Å²) >= 11 is 3.49. The highest BCUT2D eigenvalue weighted by molar-refractivity contribution is 9.10. The molecule has 3 nitrogen and oxygen atoms in total. The molecule has 0 radical (unpaired) electrons. The lowest BCUT2D eigenvalue weighted by molar-refractivity contribution is 0.509. The van der Waals surface area contributed by atoms with Crippen molar-refractivity contribution in [1.82, 2.24) is 9.97 Å². The molecule has 1 aromatic carbocycles. The Morgan fingerprint density at radius 1 is 1.44 bits per heavy atom. The molecular weight excluding hydrogens is 266 g/mol. The van der Waals surface area contributed by atoms with E-state index < -0.39 is 0 Å². The second kappa shape index (κ2) is 3.86. The van der Waals surface area contributed by atoms with Gasteiger partial charge in [-0.25, -0.2) is 4.98 Å². The molecule has 0 atom stereocenters. The van der Waals surface area contributed by atoms with Gasteiger partial charge in [-0.3, -0.25) is 0 Å². The van der Waals surface area contributed by atoms with Crippen LogP contribution in [0.1, 0.15) is 25.2 Å². The number of imidazole rings is 1. The smallest absolute Gasteiger partial charge is 0.114 e. The van der Waals surface area contributed by atoms with E-state index in [-0.39, 0.29) is 5.41 Å². The van der Waals surface area contributed by atoms with Gasteiger partial charge in [0.2, 0.25) is 0 Å². The summed E-state index contributed by atoms with van der Waals surface area (Å²) in [7, 11) is 0. The summed E-state index contributed by atoms with van der Waals surface area (Å²) < 4.78 is 1.07. The minimum absolute atomic E-state index is 0.113. The van der Waals surface area contributed by atoms with Gasteiger partial charge in [0.15, 0.2) is 0 Å². The first-order valence-electron chi connectivity index (χ1n) is 5.30. The third-order valence-electron chi connectivity index (χ3n) is 2.89. The summed E-state index contributed by atoms with van der Waals surface area (Å²) in [5, 5.41) is 0. The maximum Gasteiger partial charge on any atom is 0.114 e. The fraction of sp³-hybridized carbons (Fsp3) is 0.417. The van der Waals surface area contributed by atoms with Crippen molar-refractivity contribution in [2.75, 3.05) is 6.54 Å². The SMILES string of the molecule is Cc1cc(Br)cc2[nH]c(C(C)(C)CN)nc12. The van der Waals surface area contributed by atoms with Crippen molar-refractivity contribution in [3.05, 3.63) is 28.0 Å². The average molecular weight is 282 g/mol. The Morgan fingerprint density at radius 3 is 2.75 bits per heavy atom. The molecule has 2 rings (SSSR count). The molecular formula is C12H16BrN3. The quantitative estimate of drug-likeness (QED) is 0.889. The van der Waals surface area contributed by atoms with Gasteiger partial charge < -0.3 is 10.7 Å². The lowest BCUT2D eigenvalue weighted by Gasteiger charge is -2.18. The second-order valence-corrected chi connectivity index (χ2v) is 5.71. The van der Waals surface area contributed by atoms with Gasteiger partial charge in [-0.2, -0.15) is 0 Å². The Balaban J connectivity index is 2.65. The Bertz CT molecular complexity index is 528. The highest BCUT2D eigenvalue weighted by Gasteiger charge is 2.23. The molecule has 0 spiro atoms. The number of nitrogens with zero attached hydrogens (tertiary/aromatic N) is 1. The molecule has 0 fully saturated rings. The number of rotatable bonds is 2. The van der Waals surface area contributed by atoms with Crippen LogP contribution in [0.25, 0.3) is 11.0 Å². The first kappa shape index (κ1) is 11.6. The summed E-state index contributed by atoms with van der Waals surface area (Å²) in [4.78, 5) is 7.99. The van der Waals surface area contributed by atoms with Crippen LogP contribution in [0.4, 0.5) is 0 Å². The van der Waals surface area contributed by atoms with Crippen molar-refractivity contribution >= 4 is 27.0 Å². The van der Waals surface area contributed by atoms with Crippen molar-refractivity contribution in [3.63, 3.8) is 0 Å². The number of aromatic nitrogens is 2. The van der Waals surface area contributed by atoms with Crippen LogP contribution in [0.2, 0.25) is 0 Å². The van der Waals surface area contributed by atoms with E-state index >= 15 is 0 Å². The van der Waals surface area contributed by atoms with Gasteiger partial charge >= 0.3 is 0 Å². The van der Waals surface area contributed by atoms with Gasteiger partial charge in [-0.05, 0) is 24.6 Å². The Morgan fingerprint density at radius 2 is 2.12 bits per heavy atom. The van der Waals surface area contributed by atoms with E-state index in [2.05, 4.69) is 52.7 Å². The summed E-state index contributed by atoms with van der Waals surface area (Å²) in [5.74, 6) is 0.950. The molecule has 1 heterocycles. The lowest BCUT2D eigenvalue weighted by atomic mass is 9.93. The molecule has 16 heavy (non-hydrogen) atoms. The Kier molecular flexibility index (Phi) is 2.80. The van der Waals surface area contributed by atoms with E-state index in [9.17, 15) is 0 Å². The monoisotopic (exact) mass is 281 g/mol. The lowest BCUT2D eigenvalue weighted by Crippen LogP contribution is -2.29. The molecule has 2 aromatic rings. The number of halogens is 1.